The van der Waals surface area contributed by atoms with Crippen molar-refractivity contribution in [3.63, 3.8) is 0 Å². The Kier molecular flexibility index (Phi) is 13.0. The molecule has 2 nitrogen and oxygen atoms in total. The van der Waals surface area contributed by atoms with Crippen molar-refractivity contribution in [1.29, 1.82) is 0 Å². The van der Waals surface area contributed by atoms with Crippen molar-refractivity contribution < 1.29 is 10.2 Å². The van der Waals surface area contributed by atoms with E-state index in [0.29, 0.717) is 67.3 Å². The van der Waals surface area contributed by atoms with Crippen molar-refractivity contribution >= 4 is 23.5 Å². The molecule has 2 N–H and O–H groups in total. The van der Waals surface area contributed by atoms with Crippen molar-refractivity contribution in [2.24, 2.45) is 57.2 Å². The zero-order valence-electron chi connectivity index (χ0n) is 44.8. The van der Waals surface area contributed by atoms with E-state index >= 15 is 0 Å². The molecule has 0 saturated heterocycles. The lowest BCUT2D eigenvalue weighted by Gasteiger charge is -2.69. The van der Waals surface area contributed by atoms with E-state index < -0.39 is 0 Å². The lowest BCUT2D eigenvalue weighted by atomic mass is 9.35. The van der Waals surface area contributed by atoms with Gasteiger partial charge in [0.25, 0.3) is 0 Å². The molecule has 11 rings (SSSR count). The molecule has 2 aromatic rings. The third-order valence-electron chi connectivity index (χ3n) is 21.5. The highest BCUT2D eigenvalue weighted by Crippen LogP contribution is 2.76. The normalized spacial score (nSPS) is 37.7. The highest BCUT2D eigenvalue weighted by molar-refractivity contribution is 8.03. The van der Waals surface area contributed by atoms with Crippen LogP contribution in [-0.2, 0) is 33.2 Å². The van der Waals surface area contributed by atoms with Gasteiger partial charge in [0.15, 0.2) is 0 Å². The first kappa shape index (κ1) is 49.7. The van der Waals surface area contributed by atoms with Gasteiger partial charge in [-0.3, -0.25) is 0 Å². The zero-order chi connectivity index (χ0) is 47.6. The molecule has 9 aliphatic rings. The largest absolute Gasteiger partial charge is 0.507 e. The second-order valence-corrected chi connectivity index (χ2v) is 31.4. The molecule has 66 heavy (non-hydrogen) atoms. The molecule has 2 aromatic carbocycles. The molecule has 368 valence electrons. The van der Waals surface area contributed by atoms with Gasteiger partial charge in [-0.2, -0.15) is 23.5 Å². The second-order valence-electron chi connectivity index (χ2n) is 28.9. The van der Waals surface area contributed by atoms with E-state index in [1.807, 2.05) is 0 Å². The van der Waals surface area contributed by atoms with Gasteiger partial charge in [0.2, 0.25) is 0 Å². The Bertz CT molecular complexity index is 1910. The molecule has 4 heteroatoms. The van der Waals surface area contributed by atoms with Crippen LogP contribution in [0.15, 0.2) is 24.3 Å². The predicted molar refractivity (Wildman–Crippen MR) is 286 cm³/mol. The summed E-state index contributed by atoms with van der Waals surface area (Å²) < 4.78 is 0. The van der Waals surface area contributed by atoms with E-state index in [4.69, 9.17) is 0 Å². The summed E-state index contributed by atoms with van der Waals surface area (Å²) >= 11 is 4.32. The van der Waals surface area contributed by atoms with Crippen LogP contribution in [0.3, 0.4) is 0 Å². The number of hydrogen-bond donors (Lipinski definition) is 2. The van der Waals surface area contributed by atoms with Crippen LogP contribution >= 0.6 is 23.5 Å². The van der Waals surface area contributed by atoms with Crippen molar-refractivity contribution in [2.45, 2.75) is 256 Å². The van der Waals surface area contributed by atoms with Crippen LogP contribution in [0.1, 0.15) is 246 Å². The maximum Gasteiger partial charge on any atom is 0.123 e. The summed E-state index contributed by atoms with van der Waals surface area (Å²) in [6.45, 7) is 34.4. The number of phenols is 2. The van der Waals surface area contributed by atoms with E-state index in [-0.39, 0.29) is 21.7 Å². The molecule has 8 bridgehead atoms. The molecule has 0 amide bonds. The summed E-state index contributed by atoms with van der Waals surface area (Å²) in [5.41, 5.74) is 9.53. The molecule has 6 atom stereocenters. The molecule has 9 aliphatic carbocycles. The average Bonchev–Trinajstić information content (AvgIpc) is 3.19. The Morgan fingerprint density at radius 3 is 1.08 bits per heavy atom. The first-order chi connectivity index (χ1) is 30.8. The molecule has 0 aliphatic heterocycles. The van der Waals surface area contributed by atoms with E-state index in [1.54, 1.807) is 0 Å². The van der Waals surface area contributed by atoms with Gasteiger partial charge in [-0.25, -0.2) is 0 Å². The second kappa shape index (κ2) is 17.2. The van der Waals surface area contributed by atoms with Gasteiger partial charge in [-0.05, 0) is 169 Å². The zero-order valence-corrected chi connectivity index (χ0v) is 46.4. The van der Waals surface area contributed by atoms with Crippen LogP contribution in [0.4, 0.5) is 0 Å². The van der Waals surface area contributed by atoms with Gasteiger partial charge in [0.05, 0.1) is 0 Å². The quantitative estimate of drug-likeness (QED) is 0.222. The number of phenolic OH excluding ortho intramolecular Hbond substituents is 2. The van der Waals surface area contributed by atoms with E-state index in [2.05, 4.69) is 145 Å². The Balaban J connectivity index is 1.02. The Morgan fingerprint density at radius 1 is 0.470 bits per heavy atom. The van der Waals surface area contributed by atoms with E-state index in [1.165, 1.54) is 149 Å². The van der Waals surface area contributed by atoms with Crippen LogP contribution in [0.2, 0.25) is 0 Å². The molecular weight excluding hydrogens is 841 g/mol. The fraction of sp³-hybridized carbons (Fsp3) is 0.806. The first-order valence-electron chi connectivity index (χ1n) is 27.7. The molecule has 6 unspecified atom stereocenters. The average molecular weight is 938 g/mol. The van der Waals surface area contributed by atoms with Crippen molar-refractivity contribution in [1.82, 2.24) is 0 Å². The minimum Gasteiger partial charge on any atom is -0.507 e. The molecule has 9 fully saturated rings. The minimum atomic E-state index is 0.0115. The van der Waals surface area contributed by atoms with E-state index in [0.717, 1.165) is 23.3 Å². The van der Waals surface area contributed by atoms with E-state index in [9.17, 15) is 10.2 Å². The topological polar surface area (TPSA) is 40.5 Å². The summed E-state index contributed by atoms with van der Waals surface area (Å²) in [6, 6.07) is 9.86. The fourth-order valence-electron chi connectivity index (χ4n) is 17.8. The lowest BCUT2D eigenvalue weighted by Crippen LogP contribution is -2.61. The maximum absolute atomic E-state index is 12.8. The molecule has 0 aromatic heterocycles. The van der Waals surface area contributed by atoms with Gasteiger partial charge in [-0.15, -0.1) is 0 Å². The van der Waals surface area contributed by atoms with Gasteiger partial charge in [0.1, 0.15) is 11.5 Å². The number of thioether (sulfide) groups is 2. The van der Waals surface area contributed by atoms with Crippen LogP contribution in [0.25, 0.3) is 0 Å². The van der Waals surface area contributed by atoms with Gasteiger partial charge in [0, 0.05) is 55.1 Å². The molecule has 0 heterocycles. The minimum absolute atomic E-state index is 0.0115. The van der Waals surface area contributed by atoms with Gasteiger partial charge < -0.3 is 10.2 Å². The first-order valence-corrected chi connectivity index (χ1v) is 29.8. The standard InChI is InChI=1S/C62H96O2S2/c1-39(2)57-25-43-26-58(33-57,40(3)4)36-61(29-43,35-57)49-23-47(55(9,10)11)21-45(53(49)63)31-65-51-19-17-15-16-18-20-52(51)66-32-46-22-48(56(12,13)14)24-50(54(46)64)62-30-44-27-59(37-62,41(5)6)34-60(28-44,38-62)42(7)8/h21-24,39-44,51-52,63-64H,15-20,25-38H2,1-14H3. The number of benzene rings is 2. The highest BCUT2D eigenvalue weighted by Gasteiger charge is 2.67. The summed E-state index contributed by atoms with van der Waals surface area (Å²) in [5, 5.41) is 26.7. The van der Waals surface area contributed by atoms with Crippen molar-refractivity contribution in [2.75, 3.05) is 0 Å². The van der Waals surface area contributed by atoms with Crippen LogP contribution in [-0.4, -0.2) is 20.7 Å². The summed E-state index contributed by atoms with van der Waals surface area (Å²) in [4.78, 5) is 0. The monoisotopic (exact) mass is 937 g/mol. The third kappa shape index (κ3) is 8.50. The number of hydrogen-bond acceptors (Lipinski definition) is 4. The number of aromatic hydroxyl groups is 2. The SMILES string of the molecule is CC(C)C12CC3CC(c4cc(C(C)(C)C)cc(CSC5CCCCCCC5SCc5cc(C(C)(C)C)cc(C67CC8CC(C(C)C)(C6)CC(C(C)C)(C8)C7)c5O)c4O)(C1)CC(C(C)C)(C3)C2. The molecular formula is C62H96O2S2. The predicted octanol–water partition coefficient (Wildman–Crippen LogP) is 18.0. The van der Waals surface area contributed by atoms with Gasteiger partial charge >= 0.3 is 0 Å². The van der Waals surface area contributed by atoms with Crippen molar-refractivity contribution in [3.05, 3.63) is 57.6 Å². The van der Waals surface area contributed by atoms with Crippen LogP contribution in [0.5, 0.6) is 11.5 Å². The highest BCUT2D eigenvalue weighted by atomic mass is 32.2. The smallest absolute Gasteiger partial charge is 0.123 e. The van der Waals surface area contributed by atoms with Gasteiger partial charge in [-0.1, -0.05) is 147 Å². The number of rotatable bonds is 12. The van der Waals surface area contributed by atoms with Crippen LogP contribution < -0.4 is 0 Å². The Labute approximate surface area is 414 Å². The summed E-state index contributed by atoms with van der Waals surface area (Å²) in [7, 11) is 0. The summed E-state index contributed by atoms with van der Waals surface area (Å²) in [5.74, 6) is 7.28. The molecule has 9 saturated carbocycles. The molecule has 0 spiro atoms. The third-order valence-corrected chi connectivity index (χ3v) is 24.6. The Morgan fingerprint density at radius 2 is 0.788 bits per heavy atom. The lowest BCUT2D eigenvalue weighted by molar-refractivity contribution is -0.163. The molecule has 0 radical (unpaired) electrons. The summed E-state index contributed by atoms with van der Waals surface area (Å²) in [6.07, 6.45) is 23.6. The van der Waals surface area contributed by atoms with Crippen LogP contribution in [0, 0.1) is 57.2 Å². The maximum atomic E-state index is 12.8. The Hall–Kier alpha value is -1.26. The fourth-order valence-corrected chi connectivity index (χ4v) is 20.9. The van der Waals surface area contributed by atoms with Crippen molar-refractivity contribution in [3.8, 4) is 11.5 Å².